The lowest BCUT2D eigenvalue weighted by atomic mass is 9.92. The Morgan fingerprint density at radius 3 is 1.47 bits per heavy atom. The highest BCUT2D eigenvalue weighted by Gasteiger charge is 2.10. The van der Waals surface area contributed by atoms with E-state index in [0.717, 1.165) is 33.4 Å². The van der Waals surface area contributed by atoms with Crippen molar-refractivity contribution < 1.29 is 19.1 Å². The van der Waals surface area contributed by atoms with E-state index in [9.17, 15) is 9.59 Å². The summed E-state index contributed by atoms with van der Waals surface area (Å²) in [5, 5.41) is 0. The summed E-state index contributed by atoms with van der Waals surface area (Å²) in [6.07, 6.45) is 0. The zero-order valence-electron chi connectivity index (χ0n) is 17.6. The highest BCUT2D eigenvalue weighted by atomic mass is 16.5. The minimum Gasteiger partial charge on any atom is -0.427 e. The number of hydrogen-bond acceptors (Lipinski definition) is 4. The number of benzene rings is 3. The van der Waals surface area contributed by atoms with Gasteiger partial charge in [0.2, 0.25) is 0 Å². The molecule has 0 amide bonds. The molecule has 0 unspecified atom stereocenters. The van der Waals surface area contributed by atoms with Crippen LogP contribution in [-0.2, 0) is 9.59 Å². The molecule has 3 rings (SSSR count). The van der Waals surface area contributed by atoms with E-state index in [2.05, 4.69) is 32.6 Å². The summed E-state index contributed by atoms with van der Waals surface area (Å²) in [5.74, 6) is 0.258. The molecule has 0 aromatic heterocycles. The van der Waals surface area contributed by atoms with Crippen LogP contribution in [0, 0.1) is 13.8 Å². The zero-order valence-corrected chi connectivity index (χ0v) is 17.6. The standard InChI is InChI=1S/C26H24O4/c1-16(2)26(28)30-23-12-8-21(9-13-23)25-15-17(3)24(14-18(25)4)20-6-10-22(11-7-20)29-19(5)27/h6-15H,1H2,2-5H3. The monoisotopic (exact) mass is 400 g/mol. The molecule has 0 aliphatic heterocycles. The van der Waals surface area contributed by atoms with Crippen molar-refractivity contribution in [1.82, 2.24) is 0 Å². The largest absolute Gasteiger partial charge is 0.427 e. The summed E-state index contributed by atoms with van der Waals surface area (Å²) in [5.41, 5.74) is 6.97. The Labute approximate surface area is 176 Å². The quantitative estimate of drug-likeness (QED) is 0.297. The van der Waals surface area contributed by atoms with Crippen LogP contribution in [-0.4, -0.2) is 11.9 Å². The Balaban J connectivity index is 1.86. The van der Waals surface area contributed by atoms with Gasteiger partial charge in [0, 0.05) is 12.5 Å². The summed E-state index contributed by atoms with van der Waals surface area (Å²) in [6.45, 7) is 10.7. The van der Waals surface area contributed by atoms with E-state index >= 15 is 0 Å². The van der Waals surface area contributed by atoms with Gasteiger partial charge in [-0.05, 0) is 78.4 Å². The highest BCUT2D eigenvalue weighted by molar-refractivity contribution is 5.89. The number of ether oxygens (including phenoxy) is 2. The van der Waals surface area contributed by atoms with Crippen molar-refractivity contribution in [3.63, 3.8) is 0 Å². The minimum absolute atomic E-state index is 0.334. The topological polar surface area (TPSA) is 52.6 Å². The van der Waals surface area contributed by atoms with Crippen molar-refractivity contribution in [3.8, 4) is 33.8 Å². The second kappa shape index (κ2) is 8.78. The van der Waals surface area contributed by atoms with Gasteiger partial charge in [0.1, 0.15) is 11.5 Å². The maximum absolute atomic E-state index is 11.7. The van der Waals surface area contributed by atoms with Crippen LogP contribution in [0.2, 0.25) is 0 Å². The number of carbonyl (C=O) groups excluding carboxylic acids is 2. The molecule has 0 N–H and O–H groups in total. The fourth-order valence-electron chi connectivity index (χ4n) is 3.20. The number of aryl methyl sites for hydroxylation is 2. The van der Waals surface area contributed by atoms with Gasteiger partial charge in [-0.2, -0.15) is 0 Å². The predicted molar refractivity (Wildman–Crippen MR) is 119 cm³/mol. The highest BCUT2D eigenvalue weighted by Crippen LogP contribution is 2.33. The average molecular weight is 400 g/mol. The van der Waals surface area contributed by atoms with Crippen LogP contribution in [0.25, 0.3) is 22.3 Å². The van der Waals surface area contributed by atoms with Gasteiger partial charge in [0.05, 0.1) is 0 Å². The smallest absolute Gasteiger partial charge is 0.338 e. The molecule has 0 fully saturated rings. The second-order valence-corrected chi connectivity index (χ2v) is 7.29. The molecule has 30 heavy (non-hydrogen) atoms. The van der Waals surface area contributed by atoms with Crippen LogP contribution >= 0.6 is 0 Å². The molecule has 3 aromatic carbocycles. The van der Waals surface area contributed by atoms with Crippen molar-refractivity contribution in [2.45, 2.75) is 27.7 Å². The molecule has 0 saturated carbocycles. The van der Waals surface area contributed by atoms with E-state index in [0.29, 0.717) is 17.1 Å². The van der Waals surface area contributed by atoms with Crippen LogP contribution in [0.1, 0.15) is 25.0 Å². The first-order valence-corrected chi connectivity index (χ1v) is 9.63. The molecule has 0 saturated heterocycles. The fourth-order valence-corrected chi connectivity index (χ4v) is 3.20. The Morgan fingerprint density at radius 1 is 0.700 bits per heavy atom. The molecule has 0 atom stereocenters. The molecule has 4 nitrogen and oxygen atoms in total. The van der Waals surface area contributed by atoms with Crippen molar-refractivity contribution in [3.05, 3.63) is 83.9 Å². The van der Waals surface area contributed by atoms with Crippen LogP contribution in [0.3, 0.4) is 0 Å². The molecule has 0 spiro atoms. The molecule has 0 aliphatic rings. The SMILES string of the molecule is C=C(C)C(=O)Oc1ccc(-c2cc(C)c(-c3ccc(OC(C)=O)cc3)cc2C)cc1. The van der Waals surface area contributed by atoms with E-state index in [1.165, 1.54) is 6.92 Å². The number of rotatable bonds is 5. The first-order chi connectivity index (χ1) is 14.2. The van der Waals surface area contributed by atoms with Crippen LogP contribution in [0.4, 0.5) is 0 Å². The van der Waals surface area contributed by atoms with Crippen molar-refractivity contribution in [1.29, 1.82) is 0 Å². The van der Waals surface area contributed by atoms with Crippen LogP contribution < -0.4 is 9.47 Å². The van der Waals surface area contributed by atoms with Gasteiger partial charge >= 0.3 is 11.9 Å². The summed E-state index contributed by atoms with van der Waals surface area (Å²) < 4.78 is 10.4. The van der Waals surface area contributed by atoms with Gasteiger partial charge in [-0.25, -0.2) is 4.79 Å². The zero-order chi connectivity index (χ0) is 21.8. The van der Waals surface area contributed by atoms with Gasteiger partial charge in [0.25, 0.3) is 0 Å². The Hall–Kier alpha value is -3.66. The number of carbonyl (C=O) groups is 2. The molecule has 3 aromatic rings. The third-order valence-corrected chi connectivity index (χ3v) is 4.72. The number of esters is 2. The lowest BCUT2D eigenvalue weighted by Gasteiger charge is -2.14. The molecule has 0 radical (unpaired) electrons. The first-order valence-electron chi connectivity index (χ1n) is 9.63. The molecule has 152 valence electrons. The van der Waals surface area contributed by atoms with E-state index < -0.39 is 5.97 Å². The van der Waals surface area contributed by atoms with Crippen LogP contribution in [0.15, 0.2) is 72.8 Å². The van der Waals surface area contributed by atoms with Crippen molar-refractivity contribution in [2.24, 2.45) is 0 Å². The van der Waals surface area contributed by atoms with Crippen molar-refractivity contribution >= 4 is 11.9 Å². The van der Waals surface area contributed by atoms with Gasteiger partial charge < -0.3 is 9.47 Å². The Bertz CT molecular complexity index is 1110. The maximum atomic E-state index is 11.7. The van der Waals surface area contributed by atoms with Crippen LogP contribution in [0.5, 0.6) is 11.5 Å². The van der Waals surface area contributed by atoms with Gasteiger partial charge in [0.15, 0.2) is 0 Å². The molecule has 0 bridgehead atoms. The summed E-state index contributed by atoms with van der Waals surface area (Å²) >= 11 is 0. The predicted octanol–water partition coefficient (Wildman–Crippen LogP) is 6.04. The van der Waals surface area contributed by atoms with E-state index in [1.54, 1.807) is 31.2 Å². The Morgan fingerprint density at radius 2 is 1.10 bits per heavy atom. The summed E-state index contributed by atoms with van der Waals surface area (Å²) in [6, 6.07) is 19.2. The lowest BCUT2D eigenvalue weighted by molar-refractivity contribution is -0.132. The maximum Gasteiger partial charge on any atom is 0.338 e. The fraction of sp³-hybridized carbons (Fsp3) is 0.154. The van der Waals surface area contributed by atoms with E-state index in [4.69, 9.17) is 9.47 Å². The van der Waals surface area contributed by atoms with E-state index in [-0.39, 0.29) is 5.97 Å². The molecule has 4 heteroatoms. The number of hydrogen-bond donors (Lipinski definition) is 0. The third kappa shape index (κ3) is 4.84. The average Bonchev–Trinajstić information content (AvgIpc) is 2.70. The summed E-state index contributed by atoms with van der Waals surface area (Å²) in [4.78, 5) is 22.8. The lowest BCUT2D eigenvalue weighted by Crippen LogP contribution is -2.07. The van der Waals surface area contributed by atoms with E-state index in [1.807, 2.05) is 24.3 Å². The van der Waals surface area contributed by atoms with Gasteiger partial charge in [-0.15, -0.1) is 0 Å². The first kappa shape index (κ1) is 21.1. The summed E-state index contributed by atoms with van der Waals surface area (Å²) in [7, 11) is 0. The second-order valence-electron chi connectivity index (χ2n) is 7.29. The Kier molecular flexibility index (Phi) is 6.17. The van der Waals surface area contributed by atoms with Gasteiger partial charge in [-0.3, -0.25) is 4.79 Å². The van der Waals surface area contributed by atoms with Gasteiger partial charge in [-0.1, -0.05) is 43.0 Å². The third-order valence-electron chi connectivity index (χ3n) is 4.72. The van der Waals surface area contributed by atoms with Crippen molar-refractivity contribution in [2.75, 3.05) is 0 Å². The molecule has 0 aliphatic carbocycles. The normalized spacial score (nSPS) is 10.4. The molecule has 0 heterocycles. The molecular formula is C26H24O4. The minimum atomic E-state index is -0.432. The molecular weight excluding hydrogens is 376 g/mol.